The monoisotopic (exact) mass is 214 g/mol. The molecule has 0 atom stereocenters. The average Bonchev–Trinajstić information content (AvgIpc) is 2.04. The molecule has 1 N–H and O–H groups in total. The highest BCUT2D eigenvalue weighted by atomic mass is 35.5. The Morgan fingerprint density at radius 1 is 1.43 bits per heavy atom. The Balaban J connectivity index is 0.000000500. The molecule has 1 aromatic rings. The quantitative estimate of drug-likeness (QED) is 0.773. The number of aromatic carboxylic acids is 1. The predicted molar refractivity (Wildman–Crippen MR) is 59.1 cm³/mol. The van der Waals surface area contributed by atoms with Gasteiger partial charge in [0.15, 0.2) is 0 Å². The van der Waals surface area contributed by atoms with Crippen molar-refractivity contribution < 1.29 is 9.90 Å². The molecule has 0 bridgehead atoms. The maximum absolute atomic E-state index is 10.4. The molecule has 0 saturated carbocycles. The lowest BCUT2D eigenvalue weighted by Crippen LogP contribution is -1.96. The minimum atomic E-state index is -0.991. The zero-order chi connectivity index (χ0) is 11.1. The second-order valence-electron chi connectivity index (χ2n) is 3.00. The lowest BCUT2D eigenvalue weighted by Gasteiger charge is -1.98. The topological polar surface area (TPSA) is 37.3 Å². The van der Waals surface area contributed by atoms with Crippen LogP contribution in [0.5, 0.6) is 0 Å². The largest absolute Gasteiger partial charge is 0.478 e. The third-order valence-corrected chi connectivity index (χ3v) is 1.67. The van der Waals surface area contributed by atoms with Crippen molar-refractivity contribution in [3.05, 3.63) is 34.3 Å². The van der Waals surface area contributed by atoms with Crippen LogP contribution in [0.3, 0.4) is 0 Å². The van der Waals surface area contributed by atoms with E-state index in [0.717, 1.165) is 5.56 Å². The maximum Gasteiger partial charge on any atom is 0.337 e. The first-order chi connectivity index (χ1) is 6.52. The van der Waals surface area contributed by atoms with Crippen molar-refractivity contribution in [3.63, 3.8) is 0 Å². The zero-order valence-electron chi connectivity index (χ0n) is 8.67. The Hall–Kier alpha value is -1.02. The third-order valence-electron chi connectivity index (χ3n) is 1.35. The van der Waals surface area contributed by atoms with E-state index in [1.165, 1.54) is 12.5 Å². The van der Waals surface area contributed by atoms with Crippen molar-refractivity contribution in [3.8, 4) is 0 Å². The van der Waals surface area contributed by atoms with Crippen molar-refractivity contribution in [2.75, 3.05) is 0 Å². The standard InChI is InChI=1S/C8H7ClO2.C3H8/c1-5-2-3-6(8(10)11)7(9)4-5;1-3-2/h2-4H,1H3,(H,10,11);3H2,1-2H3. The molecule has 14 heavy (non-hydrogen) atoms. The molecule has 0 fully saturated rings. The van der Waals surface area contributed by atoms with Crippen molar-refractivity contribution in [1.82, 2.24) is 0 Å². The van der Waals surface area contributed by atoms with Gasteiger partial charge in [-0.3, -0.25) is 0 Å². The molecule has 0 heterocycles. The minimum absolute atomic E-state index is 0.150. The number of carboxylic acids is 1. The van der Waals surface area contributed by atoms with Crippen molar-refractivity contribution in [2.24, 2.45) is 0 Å². The van der Waals surface area contributed by atoms with E-state index in [2.05, 4.69) is 13.8 Å². The van der Waals surface area contributed by atoms with Gasteiger partial charge in [0.1, 0.15) is 0 Å². The lowest BCUT2D eigenvalue weighted by atomic mass is 10.1. The van der Waals surface area contributed by atoms with Gasteiger partial charge in [0.05, 0.1) is 10.6 Å². The summed E-state index contributed by atoms with van der Waals surface area (Å²) in [6.45, 7) is 6.11. The molecule has 0 aliphatic heterocycles. The van der Waals surface area contributed by atoms with Crippen LogP contribution in [0, 0.1) is 6.92 Å². The molecule has 2 nitrogen and oxygen atoms in total. The first kappa shape index (κ1) is 13.0. The van der Waals surface area contributed by atoms with E-state index < -0.39 is 5.97 Å². The first-order valence-electron chi connectivity index (χ1n) is 4.52. The molecule has 0 saturated heterocycles. The summed E-state index contributed by atoms with van der Waals surface area (Å²) >= 11 is 5.64. The molecule has 3 heteroatoms. The smallest absolute Gasteiger partial charge is 0.337 e. The Morgan fingerprint density at radius 2 is 1.93 bits per heavy atom. The van der Waals surface area contributed by atoms with Crippen LogP contribution in [0.2, 0.25) is 5.02 Å². The van der Waals surface area contributed by atoms with E-state index in [-0.39, 0.29) is 10.6 Å². The number of aryl methyl sites for hydroxylation is 1. The summed E-state index contributed by atoms with van der Waals surface area (Å²) < 4.78 is 0. The molecule has 0 aromatic heterocycles. The third kappa shape index (κ3) is 4.28. The number of halogens is 1. The molecule has 0 amide bonds. The van der Waals surface area contributed by atoms with Gasteiger partial charge in [-0.15, -0.1) is 0 Å². The minimum Gasteiger partial charge on any atom is -0.478 e. The fraction of sp³-hybridized carbons (Fsp3) is 0.364. The summed E-state index contributed by atoms with van der Waals surface area (Å²) in [4.78, 5) is 10.4. The number of hydrogen-bond donors (Lipinski definition) is 1. The van der Waals surface area contributed by atoms with E-state index in [4.69, 9.17) is 16.7 Å². The second kappa shape index (κ2) is 6.44. The number of benzene rings is 1. The van der Waals surface area contributed by atoms with E-state index in [9.17, 15) is 4.79 Å². The molecule has 78 valence electrons. The molecular formula is C11H15ClO2. The Kier molecular flexibility index (Phi) is 5.97. The van der Waals surface area contributed by atoms with Gasteiger partial charge in [-0.05, 0) is 24.6 Å². The van der Waals surface area contributed by atoms with Crippen LogP contribution < -0.4 is 0 Å². The van der Waals surface area contributed by atoms with E-state index in [0.29, 0.717) is 0 Å². The highest BCUT2D eigenvalue weighted by Gasteiger charge is 2.06. The van der Waals surface area contributed by atoms with Crippen molar-refractivity contribution in [1.29, 1.82) is 0 Å². The molecule has 0 unspecified atom stereocenters. The zero-order valence-corrected chi connectivity index (χ0v) is 9.43. The van der Waals surface area contributed by atoms with Crippen LogP contribution >= 0.6 is 11.6 Å². The Morgan fingerprint density at radius 3 is 2.29 bits per heavy atom. The SMILES string of the molecule is CCC.Cc1ccc(C(=O)O)c(Cl)c1. The molecule has 1 aromatic carbocycles. The van der Waals surface area contributed by atoms with Gasteiger partial charge in [-0.2, -0.15) is 0 Å². The molecule has 0 radical (unpaired) electrons. The van der Waals surface area contributed by atoms with Gasteiger partial charge in [-0.1, -0.05) is 37.9 Å². The fourth-order valence-corrected chi connectivity index (χ4v) is 1.11. The van der Waals surface area contributed by atoms with Gasteiger partial charge in [0.25, 0.3) is 0 Å². The number of rotatable bonds is 1. The second-order valence-corrected chi connectivity index (χ2v) is 3.40. The van der Waals surface area contributed by atoms with E-state index >= 15 is 0 Å². The number of carbonyl (C=O) groups is 1. The normalized spacial score (nSPS) is 8.86. The Labute approximate surface area is 89.5 Å². The predicted octanol–water partition coefficient (Wildman–Crippen LogP) is 3.76. The maximum atomic E-state index is 10.4. The molecule has 0 aliphatic carbocycles. The van der Waals surface area contributed by atoms with Gasteiger partial charge in [-0.25, -0.2) is 4.79 Å². The molecule has 0 aliphatic rings. The van der Waals surface area contributed by atoms with Crippen LogP contribution in [0.25, 0.3) is 0 Å². The van der Waals surface area contributed by atoms with E-state index in [1.807, 2.05) is 6.92 Å². The molecule has 1 rings (SSSR count). The first-order valence-corrected chi connectivity index (χ1v) is 4.90. The summed E-state index contributed by atoms with van der Waals surface area (Å²) in [5.41, 5.74) is 1.11. The van der Waals surface area contributed by atoms with E-state index in [1.54, 1.807) is 12.1 Å². The van der Waals surface area contributed by atoms with Crippen molar-refractivity contribution >= 4 is 17.6 Å². The van der Waals surface area contributed by atoms with Crippen LogP contribution in [0.4, 0.5) is 0 Å². The summed E-state index contributed by atoms with van der Waals surface area (Å²) in [5, 5.41) is 8.86. The van der Waals surface area contributed by atoms with Gasteiger partial charge < -0.3 is 5.11 Å². The highest BCUT2D eigenvalue weighted by Crippen LogP contribution is 2.16. The van der Waals surface area contributed by atoms with Gasteiger partial charge >= 0.3 is 5.97 Å². The van der Waals surface area contributed by atoms with Crippen LogP contribution in [0.1, 0.15) is 36.2 Å². The van der Waals surface area contributed by atoms with Crippen LogP contribution in [-0.2, 0) is 0 Å². The number of carboxylic acid groups (broad SMARTS) is 1. The van der Waals surface area contributed by atoms with Crippen molar-refractivity contribution in [2.45, 2.75) is 27.2 Å². The van der Waals surface area contributed by atoms with Gasteiger partial charge in [0, 0.05) is 0 Å². The number of hydrogen-bond acceptors (Lipinski definition) is 1. The molecular weight excluding hydrogens is 200 g/mol. The summed E-state index contributed by atoms with van der Waals surface area (Å²) in [6, 6.07) is 4.85. The summed E-state index contributed by atoms with van der Waals surface area (Å²) in [6.07, 6.45) is 1.25. The van der Waals surface area contributed by atoms with Gasteiger partial charge in [0.2, 0.25) is 0 Å². The molecule has 0 spiro atoms. The average molecular weight is 215 g/mol. The summed E-state index contributed by atoms with van der Waals surface area (Å²) in [7, 11) is 0. The lowest BCUT2D eigenvalue weighted by molar-refractivity contribution is 0.0697. The van der Waals surface area contributed by atoms with Crippen LogP contribution in [0.15, 0.2) is 18.2 Å². The summed E-state index contributed by atoms with van der Waals surface area (Å²) in [5.74, 6) is -0.991. The Bertz CT molecular complexity index is 308. The highest BCUT2D eigenvalue weighted by molar-refractivity contribution is 6.33. The fourth-order valence-electron chi connectivity index (χ4n) is 0.794. The van der Waals surface area contributed by atoms with Crippen LogP contribution in [-0.4, -0.2) is 11.1 Å².